The van der Waals surface area contributed by atoms with Crippen LogP contribution in [0.5, 0.6) is 0 Å². The minimum Gasteiger partial charge on any atom is -0.462 e. The van der Waals surface area contributed by atoms with E-state index in [1.807, 2.05) is 25.1 Å². The van der Waals surface area contributed by atoms with Crippen LogP contribution in [-0.4, -0.2) is 30.4 Å². The summed E-state index contributed by atoms with van der Waals surface area (Å²) in [6, 6.07) is 7.89. The van der Waals surface area contributed by atoms with Gasteiger partial charge in [0.05, 0.1) is 18.8 Å². The van der Waals surface area contributed by atoms with Crippen molar-refractivity contribution < 1.29 is 14.3 Å². The number of benzene rings is 1. The van der Waals surface area contributed by atoms with E-state index >= 15 is 0 Å². The van der Waals surface area contributed by atoms with Crippen LogP contribution in [0.1, 0.15) is 82.6 Å². The minimum atomic E-state index is -0.238. The average Bonchev–Trinajstić information content (AvgIpc) is 2.96. The largest absolute Gasteiger partial charge is 0.462 e. The lowest BCUT2D eigenvalue weighted by atomic mass is 9.77. The lowest BCUT2D eigenvalue weighted by Gasteiger charge is -2.42. The van der Waals surface area contributed by atoms with Crippen LogP contribution >= 0.6 is 0 Å². The van der Waals surface area contributed by atoms with E-state index in [1.54, 1.807) is 0 Å². The van der Waals surface area contributed by atoms with E-state index in [9.17, 15) is 4.79 Å². The van der Waals surface area contributed by atoms with Gasteiger partial charge in [-0.25, -0.2) is 4.79 Å². The van der Waals surface area contributed by atoms with Gasteiger partial charge in [0.2, 0.25) is 0 Å². The molecule has 1 saturated heterocycles. The van der Waals surface area contributed by atoms with Crippen molar-refractivity contribution in [3.8, 4) is 0 Å². The summed E-state index contributed by atoms with van der Waals surface area (Å²) in [4.78, 5) is 12.1. The Balaban J connectivity index is 1.72. The number of hydrogen-bond donors (Lipinski definition) is 1. The fourth-order valence-electron chi connectivity index (χ4n) is 5.69. The maximum absolute atomic E-state index is 12.1. The summed E-state index contributed by atoms with van der Waals surface area (Å²) < 4.78 is 11.7. The number of carbonyl (C=O) groups is 1. The highest BCUT2D eigenvalue weighted by molar-refractivity contribution is 5.89. The van der Waals surface area contributed by atoms with Crippen LogP contribution in [0.15, 0.2) is 24.3 Å². The molecule has 4 heteroatoms. The molecule has 3 rings (SSSR count). The Morgan fingerprint density at radius 2 is 2.00 bits per heavy atom. The molecule has 1 heterocycles. The third kappa shape index (κ3) is 5.61. The Hall–Kier alpha value is -1.39. The van der Waals surface area contributed by atoms with Crippen molar-refractivity contribution in [2.45, 2.75) is 84.4 Å². The molecule has 162 valence electrons. The van der Waals surface area contributed by atoms with Crippen LogP contribution < -0.4 is 5.32 Å². The van der Waals surface area contributed by atoms with Gasteiger partial charge in [0.1, 0.15) is 5.72 Å². The molecule has 0 aromatic heterocycles. The van der Waals surface area contributed by atoms with Gasteiger partial charge in [0.15, 0.2) is 0 Å². The van der Waals surface area contributed by atoms with Crippen LogP contribution in [0, 0.1) is 17.8 Å². The van der Waals surface area contributed by atoms with Crippen LogP contribution in [0.2, 0.25) is 0 Å². The van der Waals surface area contributed by atoms with E-state index in [1.165, 1.54) is 12.0 Å². The molecule has 1 aliphatic heterocycles. The molecule has 1 spiro atoms. The highest BCUT2D eigenvalue weighted by Crippen LogP contribution is 2.43. The minimum absolute atomic E-state index is 0.00484. The molecule has 4 atom stereocenters. The number of aryl methyl sites for hydroxylation is 1. The molecule has 1 aliphatic carbocycles. The zero-order chi connectivity index (χ0) is 21.1. The fraction of sp³-hybridized carbons (Fsp3) is 0.720. The molecular formula is C25H39NO3. The van der Waals surface area contributed by atoms with Gasteiger partial charge in [-0.1, -0.05) is 39.8 Å². The number of hydrogen-bond acceptors (Lipinski definition) is 4. The number of ether oxygens (including phenoxy) is 2. The first-order valence-electron chi connectivity index (χ1n) is 11.4. The predicted octanol–water partition coefficient (Wildman–Crippen LogP) is 5.35. The number of rotatable bonds is 7. The van der Waals surface area contributed by atoms with Crippen LogP contribution in [0.25, 0.3) is 0 Å². The second-order valence-electron chi connectivity index (χ2n) is 10.1. The fourth-order valence-corrected chi connectivity index (χ4v) is 5.69. The van der Waals surface area contributed by atoms with Gasteiger partial charge in [0, 0.05) is 5.54 Å². The Morgan fingerprint density at radius 1 is 1.28 bits per heavy atom. The molecule has 0 radical (unpaired) electrons. The monoisotopic (exact) mass is 401 g/mol. The van der Waals surface area contributed by atoms with Gasteiger partial charge in [-0.2, -0.15) is 0 Å². The Morgan fingerprint density at radius 3 is 2.66 bits per heavy atom. The maximum atomic E-state index is 12.1. The van der Waals surface area contributed by atoms with Crippen molar-refractivity contribution >= 4 is 5.97 Å². The highest BCUT2D eigenvalue weighted by Gasteiger charge is 2.50. The van der Waals surface area contributed by atoms with Crippen molar-refractivity contribution in [1.29, 1.82) is 0 Å². The summed E-state index contributed by atoms with van der Waals surface area (Å²) in [5.41, 5.74) is 1.68. The van der Waals surface area contributed by atoms with Gasteiger partial charge >= 0.3 is 5.97 Å². The van der Waals surface area contributed by atoms with Gasteiger partial charge in [-0.15, -0.1) is 0 Å². The predicted molar refractivity (Wildman–Crippen MR) is 117 cm³/mol. The second-order valence-corrected chi connectivity index (χ2v) is 10.1. The molecule has 1 saturated carbocycles. The van der Waals surface area contributed by atoms with Gasteiger partial charge in [-0.3, -0.25) is 5.32 Å². The molecule has 2 aliphatic rings. The summed E-state index contributed by atoms with van der Waals surface area (Å²) in [6.45, 7) is 12.3. The number of carbonyl (C=O) groups excluding carboxylic acids is 1. The molecule has 1 N–H and O–H groups in total. The molecule has 1 aromatic rings. The summed E-state index contributed by atoms with van der Waals surface area (Å²) in [7, 11) is 0. The lowest BCUT2D eigenvalue weighted by Crippen LogP contribution is -2.55. The Labute approximate surface area is 176 Å². The van der Waals surface area contributed by atoms with E-state index in [-0.39, 0.29) is 17.2 Å². The summed E-state index contributed by atoms with van der Waals surface area (Å²) in [6.07, 6.45) is 6.56. The van der Waals surface area contributed by atoms with Crippen molar-refractivity contribution in [2.24, 2.45) is 17.8 Å². The quantitative estimate of drug-likeness (QED) is 0.626. The number of nitrogens with one attached hydrogen (secondary N) is 1. The zero-order valence-electron chi connectivity index (χ0n) is 18.9. The van der Waals surface area contributed by atoms with E-state index in [2.05, 4.69) is 39.1 Å². The summed E-state index contributed by atoms with van der Waals surface area (Å²) in [5.74, 6) is 1.76. The topological polar surface area (TPSA) is 47.6 Å². The lowest BCUT2D eigenvalue weighted by molar-refractivity contribution is -0.0660. The van der Waals surface area contributed by atoms with E-state index in [0.29, 0.717) is 29.9 Å². The van der Waals surface area contributed by atoms with Gasteiger partial charge < -0.3 is 9.47 Å². The normalized spacial score (nSPS) is 32.1. The average molecular weight is 402 g/mol. The maximum Gasteiger partial charge on any atom is 0.338 e. The smallest absolute Gasteiger partial charge is 0.338 e. The second kappa shape index (κ2) is 9.18. The van der Waals surface area contributed by atoms with Gasteiger partial charge in [0.25, 0.3) is 0 Å². The first-order valence-corrected chi connectivity index (χ1v) is 11.4. The van der Waals surface area contributed by atoms with E-state index < -0.39 is 0 Å². The van der Waals surface area contributed by atoms with Crippen molar-refractivity contribution in [3.63, 3.8) is 0 Å². The van der Waals surface area contributed by atoms with E-state index in [0.717, 1.165) is 38.7 Å². The van der Waals surface area contributed by atoms with E-state index in [4.69, 9.17) is 9.47 Å². The van der Waals surface area contributed by atoms with Crippen molar-refractivity contribution in [3.05, 3.63) is 35.4 Å². The van der Waals surface area contributed by atoms with Crippen molar-refractivity contribution in [1.82, 2.24) is 5.32 Å². The number of esters is 1. The SMILES string of the molecule is CCOC(=O)c1cccc(CCC2(CC(C)C)COC3(C[C@H](C)C[C@H](C)C3)N2)c1. The molecule has 0 bridgehead atoms. The molecule has 2 unspecified atom stereocenters. The molecule has 2 fully saturated rings. The summed E-state index contributed by atoms with van der Waals surface area (Å²) in [5, 5.41) is 4.03. The molecule has 0 amide bonds. The highest BCUT2D eigenvalue weighted by atomic mass is 16.5. The Bertz CT molecular complexity index is 691. The van der Waals surface area contributed by atoms with Crippen molar-refractivity contribution in [2.75, 3.05) is 13.2 Å². The third-order valence-electron chi connectivity index (χ3n) is 6.41. The van der Waals surface area contributed by atoms with Crippen LogP contribution in [0.4, 0.5) is 0 Å². The Kier molecular flexibility index (Phi) is 7.06. The molecular weight excluding hydrogens is 362 g/mol. The third-order valence-corrected chi connectivity index (χ3v) is 6.41. The zero-order valence-corrected chi connectivity index (χ0v) is 18.9. The first kappa shape index (κ1) is 22.3. The first-order chi connectivity index (χ1) is 13.7. The van der Waals surface area contributed by atoms with Crippen LogP contribution in [-0.2, 0) is 15.9 Å². The molecule has 1 aromatic carbocycles. The molecule has 4 nitrogen and oxygen atoms in total. The molecule has 29 heavy (non-hydrogen) atoms. The van der Waals surface area contributed by atoms with Gasteiger partial charge in [-0.05, 0) is 80.9 Å². The van der Waals surface area contributed by atoms with Crippen LogP contribution in [0.3, 0.4) is 0 Å². The standard InChI is InChI=1S/C25H39NO3/c1-6-28-23(27)22-9-7-8-21(13-22)10-11-24(14-18(2)3)17-29-25(26-24)15-19(4)12-20(5)16-25/h7-9,13,18-20,26H,6,10-12,14-17H2,1-5H3/t19-,20+,24?,25?. The summed E-state index contributed by atoms with van der Waals surface area (Å²) >= 11 is 0.